The number of hydrogen-bond donors (Lipinski definition) is 1. The van der Waals surface area contributed by atoms with Gasteiger partial charge >= 0.3 is 0 Å². The molecule has 23 heavy (non-hydrogen) atoms. The lowest BCUT2D eigenvalue weighted by Gasteiger charge is -2.30. The van der Waals surface area contributed by atoms with Crippen LogP contribution in [0.1, 0.15) is 19.4 Å². The van der Waals surface area contributed by atoms with E-state index in [1.807, 2.05) is 30.3 Å². The predicted molar refractivity (Wildman–Crippen MR) is 91.1 cm³/mol. The summed E-state index contributed by atoms with van der Waals surface area (Å²) < 4.78 is 0. The van der Waals surface area contributed by atoms with Gasteiger partial charge in [0.05, 0.1) is 5.60 Å². The predicted octanol–water partition coefficient (Wildman–Crippen LogP) is 2.80. The molecule has 0 bridgehead atoms. The molecule has 0 saturated heterocycles. The van der Waals surface area contributed by atoms with E-state index in [9.17, 15) is 5.11 Å². The summed E-state index contributed by atoms with van der Waals surface area (Å²) in [5.41, 5.74) is 1.71. The zero-order valence-corrected chi connectivity index (χ0v) is 13.3. The summed E-state index contributed by atoms with van der Waals surface area (Å²) in [5, 5.41) is 10.2. The minimum Gasteiger partial charge on any atom is -0.389 e. The summed E-state index contributed by atoms with van der Waals surface area (Å²) >= 11 is 0. The summed E-state index contributed by atoms with van der Waals surface area (Å²) in [5.74, 6) is 0.781. The van der Waals surface area contributed by atoms with Crippen molar-refractivity contribution in [2.24, 2.45) is 0 Å². The van der Waals surface area contributed by atoms with Gasteiger partial charge in [-0.2, -0.15) is 0 Å². The van der Waals surface area contributed by atoms with Crippen molar-refractivity contribution in [2.45, 2.75) is 26.0 Å². The zero-order chi connectivity index (χ0) is 16.3. The van der Waals surface area contributed by atoms with Crippen LogP contribution < -0.4 is 4.90 Å². The van der Waals surface area contributed by atoms with E-state index in [2.05, 4.69) is 32.0 Å². The van der Waals surface area contributed by atoms with Crippen molar-refractivity contribution in [3.63, 3.8) is 0 Å². The molecule has 0 aliphatic rings. The van der Waals surface area contributed by atoms with Gasteiger partial charge in [-0.25, -0.2) is 9.97 Å². The van der Waals surface area contributed by atoms with Gasteiger partial charge in [0, 0.05) is 25.5 Å². The lowest BCUT2D eigenvalue weighted by atomic mass is 10.1. The number of fused-ring (bicyclic) bond motifs is 1. The van der Waals surface area contributed by atoms with Crippen molar-refractivity contribution >= 4 is 17.0 Å². The van der Waals surface area contributed by atoms with Crippen LogP contribution >= 0.6 is 0 Å². The van der Waals surface area contributed by atoms with Crippen LogP contribution in [-0.4, -0.2) is 32.2 Å². The van der Waals surface area contributed by atoms with Crippen LogP contribution in [0, 0.1) is 0 Å². The van der Waals surface area contributed by atoms with E-state index in [-0.39, 0.29) is 0 Å². The molecular formula is C18H20N4O. The highest BCUT2D eigenvalue weighted by molar-refractivity contribution is 5.71. The second kappa shape index (κ2) is 6.30. The van der Waals surface area contributed by atoms with Crippen LogP contribution in [0.15, 0.2) is 54.9 Å². The van der Waals surface area contributed by atoms with Crippen LogP contribution in [0.2, 0.25) is 0 Å². The molecule has 0 radical (unpaired) electrons. The summed E-state index contributed by atoms with van der Waals surface area (Å²) in [4.78, 5) is 15.2. The Labute approximate surface area is 135 Å². The molecule has 5 heteroatoms. The first-order chi connectivity index (χ1) is 11.0. The second-order valence-corrected chi connectivity index (χ2v) is 6.22. The van der Waals surface area contributed by atoms with Gasteiger partial charge < -0.3 is 10.0 Å². The average Bonchev–Trinajstić information content (AvgIpc) is 2.53. The molecule has 0 aliphatic heterocycles. The van der Waals surface area contributed by atoms with E-state index >= 15 is 0 Å². The largest absolute Gasteiger partial charge is 0.389 e. The summed E-state index contributed by atoms with van der Waals surface area (Å²) in [7, 11) is 0. The Morgan fingerprint density at radius 2 is 1.74 bits per heavy atom. The van der Waals surface area contributed by atoms with E-state index in [1.54, 1.807) is 26.2 Å². The topological polar surface area (TPSA) is 62.1 Å². The van der Waals surface area contributed by atoms with Gasteiger partial charge in [0.1, 0.15) is 11.3 Å². The molecule has 0 unspecified atom stereocenters. The zero-order valence-electron chi connectivity index (χ0n) is 13.3. The fraction of sp³-hybridized carbons (Fsp3) is 0.278. The SMILES string of the molecule is CC(C)(O)CN(Cc1ccccc1)c1ccc2nccnc2n1. The standard InChI is InChI=1S/C18H20N4O/c1-18(2,23)13-22(12-14-6-4-3-5-7-14)16-9-8-15-17(21-16)20-11-10-19-15/h3-11,23H,12-13H2,1-2H3. The quantitative estimate of drug-likeness (QED) is 0.785. The molecule has 0 spiro atoms. The summed E-state index contributed by atoms with van der Waals surface area (Å²) in [6.45, 7) is 4.74. The van der Waals surface area contributed by atoms with Crippen LogP contribution in [0.25, 0.3) is 11.2 Å². The number of pyridine rings is 1. The molecule has 2 aromatic heterocycles. The van der Waals surface area contributed by atoms with Gasteiger partial charge in [0.15, 0.2) is 5.65 Å². The van der Waals surface area contributed by atoms with Crippen molar-refractivity contribution in [1.82, 2.24) is 15.0 Å². The number of benzene rings is 1. The fourth-order valence-electron chi connectivity index (χ4n) is 2.51. The molecule has 0 saturated carbocycles. The molecule has 1 aromatic carbocycles. The third-order valence-electron chi connectivity index (χ3n) is 3.43. The molecule has 5 nitrogen and oxygen atoms in total. The first-order valence-electron chi connectivity index (χ1n) is 7.60. The smallest absolute Gasteiger partial charge is 0.180 e. The summed E-state index contributed by atoms with van der Waals surface area (Å²) in [6, 6.07) is 14.0. The number of rotatable bonds is 5. The molecule has 0 atom stereocenters. The lowest BCUT2D eigenvalue weighted by molar-refractivity contribution is 0.0868. The third kappa shape index (κ3) is 4.02. The van der Waals surface area contributed by atoms with Crippen LogP contribution in [0.4, 0.5) is 5.82 Å². The van der Waals surface area contributed by atoms with Crippen molar-refractivity contribution in [3.05, 3.63) is 60.4 Å². The third-order valence-corrected chi connectivity index (χ3v) is 3.43. The molecule has 0 fully saturated rings. The van der Waals surface area contributed by atoms with E-state index in [0.29, 0.717) is 18.7 Å². The van der Waals surface area contributed by atoms with Gasteiger partial charge in [0.25, 0.3) is 0 Å². The second-order valence-electron chi connectivity index (χ2n) is 6.22. The fourth-order valence-corrected chi connectivity index (χ4v) is 2.51. The van der Waals surface area contributed by atoms with Crippen LogP contribution in [-0.2, 0) is 6.54 Å². The van der Waals surface area contributed by atoms with Crippen molar-refractivity contribution in [2.75, 3.05) is 11.4 Å². The van der Waals surface area contributed by atoms with Gasteiger partial charge in [-0.3, -0.25) is 4.98 Å². The Hall–Kier alpha value is -2.53. The van der Waals surface area contributed by atoms with Crippen molar-refractivity contribution in [3.8, 4) is 0 Å². The molecule has 3 rings (SSSR count). The lowest BCUT2D eigenvalue weighted by Crippen LogP contribution is -2.38. The van der Waals surface area contributed by atoms with E-state index in [0.717, 1.165) is 16.9 Å². The van der Waals surface area contributed by atoms with Crippen LogP contribution in [0.3, 0.4) is 0 Å². The van der Waals surface area contributed by atoms with Crippen LogP contribution in [0.5, 0.6) is 0 Å². The van der Waals surface area contributed by atoms with Gasteiger partial charge in [-0.1, -0.05) is 30.3 Å². The maximum absolute atomic E-state index is 10.2. The number of aliphatic hydroxyl groups is 1. The van der Waals surface area contributed by atoms with Gasteiger partial charge in [0.2, 0.25) is 0 Å². The highest BCUT2D eigenvalue weighted by Gasteiger charge is 2.20. The minimum atomic E-state index is -0.826. The van der Waals surface area contributed by atoms with E-state index < -0.39 is 5.60 Å². The minimum absolute atomic E-state index is 0.473. The molecule has 2 heterocycles. The van der Waals surface area contributed by atoms with E-state index in [1.165, 1.54) is 0 Å². The van der Waals surface area contributed by atoms with Gasteiger partial charge in [-0.15, -0.1) is 0 Å². The highest BCUT2D eigenvalue weighted by Crippen LogP contribution is 2.20. The maximum Gasteiger partial charge on any atom is 0.180 e. The average molecular weight is 308 g/mol. The number of aromatic nitrogens is 3. The Kier molecular flexibility index (Phi) is 4.21. The molecule has 118 valence electrons. The first-order valence-corrected chi connectivity index (χ1v) is 7.60. The number of nitrogens with zero attached hydrogens (tertiary/aromatic N) is 4. The molecular weight excluding hydrogens is 288 g/mol. The summed E-state index contributed by atoms with van der Waals surface area (Å²) in [6.07, 6.45) is 3.29. The number of anilines is 1. The monoisotopic (exact) mass is 308 g/mol. The maximum atomic E-state index is 10.2. The first kappa shape index (κ1) is 15.4. The Morgan fingerprint density at radius 3 is 2.48 bits per heavy atom. The molecule has 1 N–H and O–H groups in total. The van der Waals surface area contributed by atoms with E-state index in [4.69, 9.17) is 0 Å². The molecule has 0 aliphatic carbocycles. The Bertz CT molecular complexity index is 784. The Balaban J connectivity index is 1.95. The molecule has 0 amide bonds. The number of hydrogen-bond acceptors (Lipinski definition) is 5. The normalized spacial score (nSPS) is 11.6. The van der Waals surface area contributed by atoms with Gasteiger partial charge in [-0.05, 0) is 31.5 Å². The highest BCUT2D eigenvalue weighted by atomic mass is 16.3. The molecule has 3 aromatic rings. The van der Waals surface area contributed by atoms with Crippen molar-refractivity contribution < 1.29 is 5.11 Å². The van der Waals surface area contributed by atoms with Crippen molar-refractivity contribution in [1.29, 1.82) is 0 Å². The Morgan fingerprint density at radius 1 is 1.00 bits per heavy atom.